The third kappa shape index (κ3) is 3.97. The largest absolute Gasteiger partial charge is 0.478 e. The van der Waals surface area contributed by atoms with Crippen LogP contribution in [-0.2, 0) is 4.79 Å². The number of carbonyl (C=O) groups excluding carboxylic acids is 1. The van der Waals surface area contributed by atoms with Crippen LogP contribution in [0.2, 0.25) is 0 Å². The first-order valence-corrected chi connectivity index (χ1v) is 6.17. The number of hydrogen-bond donors (Lipinski definition) is 2. The van der Waals surface area contributed by atoms with E-state index in [1.807, 2.05) is 0 Å². The molecule has 0 aliphatic rings. The molecule has 2 aromatic heterocycles. The minimum absolute atomic E-state index is 0.313. The zero-order valence-electron chi connectivity index (χ0n) is 11.3. The Kier molecular flexibility index (Phi) is 4.40. The fourth-order valence-corrected chi connectivity index (χ4v) is 1.68. The van der Waals surface area contributed by atoms with Crippen LogP contribution >= 0.6 is 0 Å². The van der Waals surface area contributed by atoms with Gasteiger partial charge in [0.25, 0.3) is 5.91 Å². The van der Waals surface area contributed by atoms with Crippen molar-refractivity contribution in [1.29, 1.82) is 0 Å². The summed E-state index contributed by atoms with van der Waals surface area (Å²) in [5.74, 6) is -1.03. The summed E-state index contributed by atoms with van der Waals surface area (Å²) < 4.78 is 0. The molecule has 0 saturated heterocycles. The summed E-state index contributed by atoms with van der Waals surface area (Å²) in [6.45, 7) is 1.74. The Morgan fingerprint density at radius 3 is 2.76 bits per heavy atom. The molecule has 0 aliphatic heterocycles. The summed E-state index contributed by atoms with van der Waals surface area (Å²) in [5.41, 5.74) is 1.53. The molecule has 2 heterocycles. The lowest BCUT2D eigenvalue weighted by Gasteiger charge is -2.06. The molecule has 0 spiro atoms. The second-order valence-corrected chi connectivity index (χ2v) is 4.21. The number of carboxylic acid groups (broad SMARTS) is 1. The number of aryl methyl sites for hydroxylation is 1. The van der Waals surface area contributed by atoms with E-state index in [4.69, 9.17) is 5.11 Å². The van der Waals surface area contributed by atoms with Crippen molar-refractivity contribution < 1.29 is 14.7 Å². The average Bonchev–Trinajstić information content (AvgIpc) is 2.46. The Labute approximate surface area is 121 Å². The molecule has 0 unspecified atom stereocenters. The van der Waals surface area contributed by atoms with Gasteiger partial charge in [0.2, 0.25) is 0 Å². The zero-order chi connectivity index (χ0) is 15.2. The van der Waals surface area contributed by atoms with E-state index in [9.17, 15) is 9.59 Å². The summed E-state index contributed by atoms with van der Waals surface area (Å²) in [4.78, 5) is 30.8. The van der Waals surface area contributed by atoms with E-state index in [2.05, 4.69) is 15.3 Å². The quantitative estimate of drug-likeness (QED) is 0.839. The van der Waals surface area contributed by atoms with Gasteiger partial charge in [0.15, 0.2) is 0 Å². The Morgan fingerprint density at radius 2 is 2.05 bits per heavy atom. The minimum Gasteiger partial charge on any atom is -0.478 e. The Morgan fingerprint density at radius 1 is 1.24 bits per heavy atom. The van der Waals surface area contributed by atoms with Gasteiger partial charge in [-0.25, -0.2) is 9.78 Å². The molecule has 0 aliphatic carbocycles. The van der Waals surface area contributed by atoms with Gasteiger partial charge in [0.1, 0.15) is 5.82 Å². The second-order valence-electron chi connectivity index (χ2n) is 4.21. The number of anilines is 1. The van der Waals surface area contributed by atoms with E-state index >= 15 is 0 Å². The third-order valence-corrected chi connectivity index (χ3v) is 2.66. The van der Waals surface area contributed by atoms with Crippen LogP contribution in [0.5, 0.6) is 0 Å². The molecule has 0 aromatic carbocycles. The molecule has 0 fully saturated rings. The smallest absolute Gasteiger partial charge is 0.328 e. The van der Waals surface area contributed by atoms with Crippen LogP contribution in [0.25, 0.3) is 6.08 Å². The molecule has 6 nitrogen and oxygen atoms in total. The average molecular weight is 283 g/mol. The molecule has 0 atom stereocenters. The molecule has 2 aromatic rings. The van der Waals surface area contributed by atoms with Crippen LogP contribution in [0.3, 0.4) is 0 Å². The van der Waals surface area contributed by atoms with Crippen molar-refractivity contribution in [3.63, 3.8) is 0 Å². The molecule has 0 saturated carbocycles. The number of hydrogen-bond acceptors (Lipinski definition) is 4. The van der Waals surface area contributed by atoms with Crippen molar-refractivity contribution >= 4 is 23.8 Å². The van der Waals surface area contributed by atoms with Crippen molar-refractivity contribution in [3.05, 3.63) is 59.6 Å². The number of aromatic nitrogens is 2. The van der Waals surface area contributed by atoms with Crippen molar-refractivity contribution in [1.82, 2.24) is 9.97 Å². The van der Waals surface area contributed by atoms with Crippen molar-refractivity contribution in [2.24, 2.45) is 0 Å². The van der Waals surface area contributed by atoms with Crippen LogP contribution < -0.4 is 5.32 Å². The lowest BCUT2D eigenvalue weighted by Crippen LogP contribution is -2.15. The van der Waals surface area contributed by atoms with Gasteiger partial charge in [0, 0.05) is 18.0 Å². The number of carboxylic acids is 1. The van der Waals surface area contributed by atoms with Crippen molar-refractivity contribution in [3.8, 4) is 0 Å². The van der Waals surface area contributed by atoms with Crippen molar-refractivity contribution in [2.75, 3.05) is 5.32 Å². The zero-order valence-corrected chi connectivity index (χ0v) is 11.3. The highest BCUT2D eigenvalue weighted by Gasteiger charge is 2.10. The van der Waals surface area contributed by atoms with Crippen LogP contribution in [-0.4, -0.2) is 27.0 Å². The number of aliphatic carboxylic acids is 1. The number of carbonyl (C=O) groups is 2. The topological polar surface area (TPSA) is 92.2 Å². The lowest BCUT2D eigenvalue weighted by molar-refractivity contribution is -0.131. The number of nitrogens with one attached hydrogen (secondary N) is 1. The van der Waals surface area contributed by atoms with E-state index in [1.165, 1.54) is 6.08 Å². The normalized spacial score (nSPS) is 10.5. The second kappa shape index (κ2) is 6.42. The highest BCUT2D eigenvalue weighted by atomic mass is 16.4. The van der Waals surface area contributed by atoms with E-state index in [1.54, 1.807) is 43.5 Å². The first-order valence-electron chi connectivity index (χ1n) is 6.17. The van der Waals surface area contributed by atoms with Gasteiger partial charge >= 0.3 is 5.97 Å². The van der Waals surface area contributed by atoms with Crippen molar-refractivity contribution in [2.45, 2.75) is 6.92 Å². The molecule has 2 rings (SSSR count). The monoisotopic (exact) mass is 283 g/mol. The van der Waals surface area contributed by atoms with Crippen LogP contribution in [0.1, 0.15) is 21.7 Å². The molecule has 6 heteroatoms. The van der Waals surface area contributed by atoms with Gasteiger partial charge in [-0.15, -0.1) is 0 Å². The van der Waals surface area contributed by atoms with Gasteiger partial charge in [0.05, 0.1) is 11.3 Å². The number of amides is 1. The third-order valence-electron chi connectivity index (χ3n) is 2.66. The maximum atomic E-state index is 12.1. The van der Waals surface area contributed by atoms with E-state index in [-0.39, 0.29) is 5.91 Å². The predicted molar refractivity (Wildman–Crippen MR) is 77.8 cm³/mol. The molecule has 0 radical (unpaired) electrons. The molecular weight excluding hydrogens is 270 g/mol. The summed E-state index contributed by atoms with van der Waals surface area (Å²) in [5, 5.41) is 11.2. The molecule has 106 valence electrons. The van der Waals surface area contributed by atoms with Gasteiger partial charge in [-0.3, -0.25) is 9.78 Å². The van der Waals surface area contributed by atoms with Crippen LogP contribution in [0.15, 0.2) is 42.6 Å². The lowest BCUT2D eigenvalue weighted by atomic mass is 10.2. The van der Waals surface area contributed by atoms with E-state index in [0.29, 0.717) is 22.8 Å². The standard InChI is InChI=1S/C15H13N3O3/c1-10-12(5-3-9-16-10)15(21)18-13-6-2-4-11(17-13)7-8-14(19)20/h2-9H,1H3,(H,19,20)(H,17,18,21)/b8-7+. The molecule has 1 amide bonds. The Balaban J connectivity index is 2.17. The Bertz CT molecular complexity index is 711. The van der Waals surface area contributed by atoms with Gasteiger partial charge < -0.3 is 10.4 Å². The van der Waals surface area contributed by atoms with E-state index < -0.39 is 5.97 Å². The van der Waals surface area contributed by atoms with Crippen LogP contribution in [0.4, 0.5) is 5.82 Å². The minimum atomic E-state index is -1.06. The molecular formula is C15H13N3O3. The molecule has 21 heavy (non-hydrogen) atoms. The maximum Gasteiger partial charge on any atom is 0.328 e. The van der Waals surface area contributed by atoms with E-state index in [0.717, 1.165) is 6.08 Å². The summed E-state index contributed by atoms with van der Waals surface area (Å²) >= 11 is 0. The summed E-state index contributed by atoms with van der Waals surface area (Å²) in [6.07, 6.45) is 3.95. The van der Waals surface area contributed by atoms with Gasteiger partial charge in [-0.1, -0.05) is 6.07 Å². The highest BCUT2D eigenvalue weighted by Crippen LogP contribution is 2.10. The molecule has 2 N–H and O–H groups in total. The fraction of sp³-hybridized carbons (Fsp3) is 0.0667. The first-order chi connectivity index (χ1) is 10.1. The summed E-state index contributed by atoms with van der Waals surface area (Å²) in [6, 6.07) is 8.31. The molecule has 0 bridgehead atoms. The maximum absolute atomic E-state index is 12.1. The number of rotatable bonds is 4. The number of pyridine rings is 2. The van der Waals surface area contributed by atoms with Gasteiger partial charge in [-0.2, -0.15) is 0 Å². The summed E-state index contributed by atoms with van der Waals surface area (Å²) in [7, 11) is 0. The predicted octanol–water partition coefficient (Wildman–Crippen LogP) is 2.14. The van der Waals surface area contributed by atoms with Gasteiger partial charge in [-0.05, 0) is 37.3 Å². The van der Waals surface area contributed by atoms with Crippen LogP contribution in [0, 0.1) is 6.92 Å². The first kappa shape index (κ1) is 14.4. The SMILES string of the molecule is Cc1ncccc1C(=O)Nc1cccc(/C=C/C(=O)O)n1. The number of nitrogens with zero attached hydrogens (tertiary/aromatic N) is 2. The fourth-order valence-electron chi connectivity index (χ4n) is 1.68. The Hall–Kier alpha value is -3.02. The highest BCUT2D eigenvalue weighted by molar-refractivity contribution is 6.04.